The Morgan fingerprint density at radius 1 is 0.944 bits per heavy atom. The van der Waals surface area contributed by atoms with Gasteiger partial charge < -0.3 is 16.0 Å². The summed E-state index contributed by atoms with van der Waals surface area (Å²) in [6.45, 7) is 5.90. The van der Waals surface area contributed by atoms with E-state index in [0.29, 0.717) is 24.3 Å². The summed E-state index contributed by atoms with van der Waals surface area (Å²) in [5, 5.41) is 9.35. The SMILES string of the molecule is CC(C)C(NC(=O)C12CC3CC(CC(C3)C1)C2)C(=O)NC1CCN(CC(=O)Nc2ccccc2)CC1. The highest BCUT2D eigenvalue weighted by Crippen LogP contribution is 2.60. The largest absolute Gasteiger partial charge is 0.351 e. The van der Waals surface area contributed by atoms with Gasteiger partial charge in [0, 0.05) is 30.2 Å². The van der Waals surface area contributed by atoms with Crippen LogP contribution in [0.2, 0.25) is 0 Å². The second-order valence-corrected chi connectivity index (χ2v) is 12.4. The van der Waals surface area contributed by atoms with Crippen LogP contribution in [0.1, 0.15) is 65.2 Å². The number of amides is 3. The van der Waals surface area contributed by atoms with Gasteiger partial charge in [-0.15, -0.1) is 0 Å². The Kier molecular flexibility index (Phi) is 7.38. The summed E-state index contributed by atoms with van der Waals surface area (Å²) in [7, 11) is 0. The quantitative estimate of drug-likeness (QED) is 0.515. The number of likely N-dealkylation sites (tertiary alicyclic amines) is 1. The van der Waals surface area contributed by atoms with Gasteiger partial charge in [0.1, 0.15) is 6.04 Å². The van der Waals surface area contributed by atoms with Gasteiger partial charge in [0.2, 0.25) is 17.7 Å². The van der Waals surface area contributed by atoms with Crippen LogP contribution in [0.15, 0.2) is 30.3 Å². The first kappa shape index (κ1) is 25.2. The maximum absolute atomic E-state index is 13.5. The van der Waals surface area contributed by atoms with E-state index in [-0.39, 0.29) is 35.1 Å². The molecule has 7 nitrogen and oxygen atoms in total. The molecule has 3 N–H and O–H groups in total. The van der Waals surface area contributed by atoms with Crippen molar-refractivity contribution in [1.82, 2.24) is 15.5 Å². The maximum atomic E-state index is 13.5. The summed E-state index contributed by atoms with van der Waals surface area (Å²) in [5.74, 6) is 2.17. The van der Waals surface area contributed by atoms with Crippen molar-refractivity contribution in [2.75, 3.05) is 25.0 Å². The molecule has 5 aliphatic rings. The van der Waals surface area contributed by atoms with E-state index >= 15 is 0 Å². The van der Waals surface area contributed by atoms with Crippen molar-refractivity contribution in [2.45, 2.75) is 77.3 Å². The number of rotatable bonds is 8. The zero-order valence-electron chi connectivity index (χ0n) is 21.8. The highest BCUT2D eigenvalue weighted by Gasteiger charge is 2.55. The van der Waals surface area contributed by atoms with Crippen LogP contribution >= 0.6 is 0 Å². The first-order valence-electron chi connectivity index (χ1n) is 14.0. The highest BCUT2D eigenvalue weighted by molar-refractivity contribution is 5.92. The Labute approximate surface area is 215 Å². The second kappa shape index (κ2) is 10.5. The lowest BCUT2D eigenvalue weighted by atomic mass is 9.49. The Bertz CT molecular complexity index is 919. The molecule has 1 saturated heterocycles. The molecule has 1 heterocycles. The molecule has 1 unspecified atom stereocenters. The minimum absolute atomic E-state index is 0.0176. The molecule has 7 heteroatoms. The molecule has 0 aromatic heterocycles. The van der Waals surface area contributed by atoms with Gasteiger partial charge in [-0.3, -0.25) is 19.3 Å². The predicted molar refractivity (Wildman–Crippen MR) is 140 cm³/mol. The van der Waals surface area contributed by atoms with E-state index in [1.54, 1.807) is 0 Å². The average Bonchev–Trinajstić information content (AvgIpc) is 2.83. The van der Waals surface area contributed by atoms with Crippen LogP contribution in [0.3, 0.4) is 0 Å². The third-order valence-corrected chi connectivity index (χ3v) is 9.11. The molecule has 1 aliphatic heterocycles. The number of nitrogens with zero attached hydrogens (tertiary/aromatic N) is 1. The fraction of sp³-hybridized carbons (Fsp3) is 0.690. The minimum atomic E-state index is -0.500. The average molecular weight is 495 g/mol. The molecule has 4 saturated carbocycles. The van der Waals surface area contributed by atoms with Gasteiger partial charge in [-0.1, -0.05) is 32.0 Å². The van der Waals surface area contributed by atoms with E-state index in [1.165, 1.54) is 19.3 Å². The van der Waals surface area contributed by atoms with Gasteiger partial charge >= 0.3 is 0 Å². The van der Waals surface area contributed by atoms with Gasteiger partial charge in [-0.25, -0.2) is 0 Å². The number of nitrogens with one attached hydrogen (secondary N) is 3. The number of carbonyl (C=O) groups excluding carboxylic acids is 3. The second-order valence-electron chi connectivity index (χ2n) is 12.4. The summed E-state index contributed by atoms with van der Waals surface area (Å²) < 4.78 is 0. The Morgan fingerprint density at radius 2 is 1.53 bits per heavy atom. The third-order valence-electron chi connectivity index (χ3n) is 9.11. The number of hydrogen-bond donors (Lipinski definition) is 3. The molecule has 36 heavy (non-hydrogen) atoms. The Hall–Kier alpha value is -2.41. The molecule has 6 rings (SSSR count). The Balaban J connectivity index is 1.10. The number of anilines is 1. The van der Waals surface area contributed by atoms with Gasteiger partial charge in [0.05, 0.1) is 6.54 Å². The number of para-hydroxylation sites is 1. The van der Waals surface area contributed by atoms with Crippen LogP contribution in [0, 0.1) is 29.1 Å². The summed E-state index contributed by atoms with van der Waals surface area (Å²) >= 11 is 0. The Morgan fingerprint density at radius 3 is 2.08 bits per heavy atom. The molecule has 1 aromatic carbocycles. The van der Waals surface area contributed by atoms with Crippen molar-refractivity contribution in [2.24, 2.45) is 29.1 Å². The fourth-order valence-corrected chi connectivity index (χ4v) is 7.67. The highest BCUT2D eigenvalue weighted by atomic mass is 16.2. The van der Waals surface area contributed by atoms with Crippen LogP contribution in [-0.2, 0) is 14.4 Å². The molecular formula is C29H42N4O3. The third kappa shape index (κ3) is 5.61. The van der Waals surface area contributed by atoms with Crippen LogP contribution in [0.25, 0.3) is 0 Å². The van der Waals surface area contributed by atoms with Crippen LogP contribution < -0.4 is 16.0 Å². The van der Waals surface area contributed by atoms with E-state index in [2.05, 4.69) is 20.9 Å². The summed E-state index contributed by atoms with van der Waals surface area (Å²) in [5.41, 5.74) is 0.563. The summed E-state index contributed by atoms with van der Waals surface area (Å²) in [6.07, 6.45) is 8.53. The van der Waals surface area contributed by atoms with Gasteiger partial charge in [0.15, 0.2) is 0 Å². The monoisotopic (exact) mass is 494 g/mol. The van der Waals surface area contributed by atoms with Crippen molar-refractivity contribution in [3.05, 3.63) is 30.3 Å². The molecule has 5 fully saturated rings. The maximum Gasteiger partial charge on any atom is 0.243 e. The smallest absolute Gasteiger partial charge is 0.243 e. The normalized spacial score (nSPS) is 30.7. The number of carbonyl (C=O) groups is 3. The molecule has 1 atom stereocenters. The summed E-state index contributed by atoms with van der Waals surface area (Å²) in [4.78, 5) is 41.3. The first-order chi connectivity index (χ1) is 17.3. The van der Waals surface area contributed by atoms with Crippen molar-refractivity contribution in [1.29, 1.82) is 0 Å². The molecule has 3 amide bonds. The molecule has 1 aromatic rings. The van der Waals surface area contributed by atoms with E-state index in [1.807, 2.05) is 44.2 Å². The topological polar surface area (TPSA) is 90.5 Å². The fourth-order valence-electron chi connectivity index (χ4n) is 7.67. The number of piperidine rings is 1. The van der Waals surface area contributed by atoms with Crippen molar-refractivity contribution < 1.29 is 14.4 Å². The van der Waals surface area contributed by atoms with E-state index < -0.39 is 6.04 Å². The molecule has 196 valence electrons. The van der Waals surface area contributed by atoms with E-state index in [9.17, 15) is 14.4 Å². The van der Waals surface area contributed by atoms with E-state index in [4.69, 9.17) is 0 Å². The molecular weight excluding hydrogens is 452 g/mol. The zero-order chi connectivity index (χ0) is 25.3. The van der Waals surface area contributed by atoms with E-state index in [0.717, 1.165) is 50.9 Å². The van der Waals surface area contributed by atoms with Crippen LogP contribution in [0.4, 0.5) is 5.69 Å². The van der Waals surface area contributed by atoms with Crippen LogP contribution in [0.5, 0.6) is 0 Å². The molecule has 4 aliphatic carbocycles. The summed E-state index contributed by atoms with van der Waals surface area (Å²) in [6, 6.07) is 9.07. The molecule has 4 bridgehead atoms. The lowest BCUT2D eigenvalue weighted by molar-refractivity contribution is -0.149. The van der Waals surface area contributed by atoms with Crippen molar-refractivity contribution in [3.63, 3.8) is 0 Å². The van der Waals surface area contributed by atoms with Crippen LogP contribution in [-0.4, -0.2) is 54.3 Å². The lowest BCUT2D eigenvalue weighted by Gasteiger charge is -2.55. The molecule has 0 radical (unpaired) electrons. The minimum Gasteiger partial charge on any atom is -0.351 e. The number of benzene rings is 1. The van der Waals surface area contributed by atoms with Gasteiger partial charge in [-0.2, -0.15) is 0 Å². The number of hydrogen-bond acceptors (Lipinski definition) is 4. The van der Waals surface area contributed by atoms with Crippen molar-refractivity contribution in [3.8, 4) is 0 Å². The molecule has 0 spiro atoms. The lowest BCUT2D eigenvalue weighted by Crippen LogP contribution is -2.59. The van der Waals surface area contributed by atoms with Gasteiger partial charge in [-0.05, 0) is 87.2 Å². The standard InChI is InChI=1S/C29H42N4O3/c1-19(2)26(32-28(36)29-15-20-12-21(16-29)14-22(13-20)17-29)27(35)31-24-8-10-33(11-9-24)18-25(34)30-23-6-4-3-5-7-23/h3-7,19-22,24,26H,8-18H2,1-2H3,(H,30,34)(H,31,35)(H,32,36). The van der Waals surface area contributed by atoms with Gasteiger partial charge in [0.25, 0.3) is 0 Å². The first-order valence-corrected chi connectivity index (χ1v) is 14.0. The van der Waals surface area contributed by atoms with Crippen molar-refractivity contribution >= 4 is 23.4 Å². The predicted octanol–water partition coefficient (Wildman–Crippen LogP) is 3.56. The zero-order valence-corrected chi connectivity index (χ0v) is 21.8.